The van der Waals surface area contributed by atoms with Crippen LogP contribution in [-0.4, -0.2) is 47.6 Å². The number of nitrogens with zero attached hydrogens (tertiary/aromatic N) is 1. The van der Waals surface area contributed by atoms with Crippen molar-refractivity contribution in [1.82, 2.24) is 10.2 Å². The molecule has 2 aliphatic rings. The van der Waals surface area contributed by atoms with Crippen LogP contribution in [-0.2, 0) is 0 Å². The van der Waals surface area contributed by atoms with Gasteiger partial charge in [-0.2, -0.15) is 0 Å². The highest BCUT2D eigenvalue weighted by molar-refractivity contribution is 5.97. The number of amides is 1. The number of nitrogens with one attached hydrogen (secondary N) is 1. The Hall–Kier alpha value is -1.88. The number of hydrogen-bond acceptors (Lipinski definition) is 3. The number of hydrogen-bond donors (Lipinski definition) is 2. The van der Waals surface area contributed by atoms with Crippen LogP contribution in [0, 0.1) is 5.92 Å². The Labute approximate surface area is 143 Å². The highest BCUT2D eigenvalue weighted by Gasteiger charge is 2.32. The van der Waals surface area contributed by atoms with E-state index in [0.29, 0.717) is 24.1 Å². The van der Waals surface area contributed by atoms with Crippen molar-refractivity contribution in [2.75, 3.05) is 19.6 Å². The first-order chi connectivity index (χ1) is 11.6. The lowest BCUT2D eigenvalue weighted by molar-refractivity contribution is 0.0554. The van der Waals surface area contributed by atoms with Gasteiger partial charge < -0.3 is 15.3 Å². The molecule has 0 aromatic heterocycles. The lowest BCUT2D eigenvalue weighted by Gasteiger charge is -2.44. The minimum absolute atomic E-state index is 0.146. The van der Waals surface area contributed by atoms with Crippen molar-refractivity contribution in [3.05, 3.63) is 35.4 Å². The predicted molar refractivity (Wildman–Crippen MR) is 92.3 cm³/mol. The average molecular weight is 330 g/mol. The summed E-state index contributed by atoms with van der Waals surface area (Å²) in [6, 6.07) is 6.89. The van der Waals surface area contributed by atoms with E-state index < -0.39 is 5.97 Å². The molecule has 5 heteroatoms. The molecule has 2 atom stereocenters. The van der Waals surface area contributed by atoms with Gasteiger partial charge in [-0.15, -0.1) is 0 Å². The van der Waals surface area contributed by atoms with Crippen molar-refractivity contribution in [3.8, 4) is 0 Å². The summed E-state index contributed by atoms with van der Waals surface area (Å²) in [5, 5.41) is 12.0. The second-order valence-corrected chi connectivity index (χ2v) is 6.93. The fraction of sp³-hybridized carbons (Fsp3) is 0.579. The van der Waals surface area contributed by atoms with E-state index in [4.69, 9.17) is 5.11 Å². The van der Waals surface area contributed by atoms with Gasteiger partial charge in [0.15, 0.2) is 0 Å². The molecule has 0 saturated carbocycles. The van der Waals surface area contributed by atoms with E-state index in [2.05, 4.69) is 10.2 Å². The summed E-state index contributed by atoms with van der Waals surface area (Å²) >= 11 is 0. The van der Waals surface area contributed by atoms with Gasteiger partial charge in [0.25, 0.3) is 5.91 Å². The van der Waals surface area contributed by atoms with Gasteiger partial charge in [0.2, 0.25) is 0 Å². The summed E-state index contributed by atoms with van der Waals surface area (Å²) in [5.74, 6) is -0.525. The van der Waals surface area contributed by atoms with Crippen LogP contribution in [0.4, 0.5) is 0 Å². The Morgan fingerprint density at radius 1 is 1.12 bits per heavy atom. The van der Waals surface area contributed by atoms with Gasteiger partial charge in [-0.3, -0.25) is 4.79 Å². The first kappa shape index (κ1) is 17.0. The topological polar surface area (TPSA) is 69.6 Å². The summed E-state index contributed by atoms with van der Waals surface area (Å²) in [7, 11) is 0. The Morgan fingerprint density at radius 3 is 2.75 bits per heavy atom. The molecular formula is C19H26N2O3. The number of benzene rings is 1. The molecule has 1 amide bonds. The number of rotatable bonds is 5. The molecule has 2 fully saturated rings. The molecule has 3 rings (SSSR count). The van der Waals surface area contributed by atoms with Gasteiger partial charge in [0.05, 0.1) is 5.56 Å². The van der Waals surface area contributed by atoms with Gasteiger partial charge in [-0.1, -0.05) is 12.5 Å². The van der Waals surface area contributed by atoms with Crippen LogP contribution in [0.1, 0.15) is 59.2 Å². The third-order valence-electron chi connectivity index (χ3n) is 5.40. The maximum Gasteiger partial charge on any atom is 0.335 e. The lowest BCUT2D eigenvalue weighted by atomic mass is 9.81. The zero-order valence-electron chi connectivity index (χ0n) is 14.0. The molecule has 130 valence electrons. The van der Waals surface area contributed by atoms with E-state index in [0.717, 1.165) is 6.42 Å². The number of carbonyl (C=O) groups is 2. The fourth-order valence-electron chi connectivity index (χ4n) is 4.18. The number of aromatic carboxylic acids is 1. The van der Waals surface area contributed by atoms with Crippen molar-refractivity contribution in [1.29, 1.82) is 0 Å². The maximum absolute atomic E-state index is 12.2. The number of piperidine rings is 2. The van der Waals surface area contributed by atoms with Crippen LogP contribution in [0.15, 0.2) is 24.3 Å². The van der Waals surface area contributed by atoms with Crippen molar-refractivity contribution in [3.63, 3.8) is 0 Å². The second-order valence-electron chi connectivity index (χ2n) is 6.93. The molecule has 0 bridgehead atoms. The SMILES string of the molecule is O=C(O)c1cccc(C(=O)NCC[C@@H]2CCCN3CCCC[C@H]23)c1. The Kier molecular flexibility index (Phi) is 5.51. The van der Waals surface area contributed by atoms with Crippen LogP contribution >= 0.6 is 0 Å². The minimum Gasteiger partial charge on any atom is -0.478 e. The Balaban J connectivity index is 1.51. The molecule has 0 aliphatic carbocycles. The molecule has 2 aliphatic heterocycles. The van der Waals surface area contributed by atoms with Crippen molar-refractivity contribution in [2.45, 2.75) is 44.6 Å². The van der Waals surface area contributed by atoms with Crippen molar-refractivity contribution in [2.24, 2.45) is 5.92 Å². The van der Waals surface area contributed by atoms with Crippen LogP contribution in [0.5, 0.6) is 0 Å². The van der Waals surface area contributed by atoms with Crippen molar-refractivity contribution < 1.29 is 14.7 Å². The normalized spacial score (nSPS) is 24.2. The summed E-state index contributed by atoms with van der Waals surface area (Å²) < 4.78 is 0. The van der Waals surface area contributed by atoms with Gasteiger partial charge in [-0.25, -0.2) is 4.79 Å². The quantitative estimate of drug-likeness (QED) is 0.871. The first-order valence-corrected chi connectivity index (χ1v) is 9.01. The molecule has 2 saturated heterocycles. The number of carbonyl (C=O) groups excluding carboxylic acids is 1. The maximum atomic E-state index is 12.2. The van der Waals surface area contributed by atoms with Gasteiger partial charge in [0.1, 0.15) is 0 Å². The first-order valence-electron chi connectivity index (χ1n) is 9.01. The molecule has 1 aromatic rings. The van der Waals surface area contributed by atoms with E-state index >= 15 is 0 Å². The Morgan fingerprint density at radius 2 is 1.92 bits per heavy atom. The molecule has 2 N–H and O–H groups in total. The third-order valence-corrected chi connectivity index (χ3v) is 5.40. The summed E-state index contributed by atoms with van der Waals surface area (Å²) in [6.07, 6.45) is 7.46. The molecular weight excluding hydrogens is 304 g/mol. The van der Waals surface area contributed by atoms with E-state index in [1.807, 2.05) is 0 Å². The fourth-order valence-corrected chi connectivity index (χ4v) is 4.18. The van der Waals surface area contributed by atoms with Crippen LogP contribution in [0.25, 0.3) is 0 Å². The van der Waals surface area contributed by atoms with Gasteiger partial charge in [0, 0.05) is 18.2 Å². The van der Waals surface area contributed by atoms with E-state index in [-0.39, 0.29) is 11.5 Å². The molecule has 24 heavy (non-hydrogen) atoms. The smallest absolute Gasteiger partial charge is 0.335 e. The van der Waals surface area contributed by atoms with Gasteiger partial charge in [-0.05, 0) is 69.3 Å². The van der Waals surface area contributed by atoms with E-state index in [1.165, 1.54) is 57.3 Å². The number of carboxylic acids is 1. The molecule has 0 unspecified atom stereocenters. The summed E-state index contributed by atoms with van der Waals surface area (Å²) in [6.45, 7) is 3.12. The minimum atomic E-state index is -1.01. The zero-order valence-corrected chi connectivity index (χ0v) is 14.0. The molecule has 5 nitrogen and oxygen atoms in total. The summed E-state index contributed by atoms with van der Waals surface area (Å²) in [5.41, 5.74) is 0.561. The molecule has 1 aromatic carbocycles. The molecule has 0 spiro atoms. The zero-order chi connectivity index (χ0) is 16.9. The van der Waals surface area contributed by atoms with E-state index in [9.17, 15) is 9.59 Å². The third kappa shape index (κ3) is 3.96. The lowest BCUT2D eigenvalue weighted by Crippen LogP contribution is -2.48. The number of fused-ring (bicyclic) bond motifs is 1. The van der Waals surface area contributed by atoms with Gasteiger partial charge >= 0.3 is 5.97 Å². The number of carboxylic acid groups (broad SMARTS) is 1. The molecule has 0 radical (unpaired) electrons. The largest absolute Gasteiger partial charge is 0.478 e. The van der Waals surface area contributed by atoms with Crippen LogP contribution in [0.2, 0.25) is 0 Å². The van der Waals surface area contributed by atoms with E-state index in [1.54, 1.807) is 12.1 Å². The standard InChI is InChI=1S/C19H26N2O3/c22-18(15-5-3-6-16(13-15)19(23)24)20-10-9-14-7-4-12-21-11-2-1-8-17(14)21/h3,5-6,13-14,17H,1-2,4,7-12H2,(H,20,22)(H,23,24)/t14-,17+/m0/s1. The van der Waals surface area contributed by atoms with Crippen LogP contribution in [0.3, 0.4) is 0 Å². The highest BCUT2D eigenvalue weighted by Crippen LogP contribution is 2.32. The predicted octanol–water partition coefficient (Wildman–Crippen LogP) is 2.77. The average Bonchev–Trinajstić information content (AvgIpc) is 2.62. The summed E-state index contributed by atoms with van der Waals surface area (Å²) in [4.78, 5) is 25.9. The highest BCUT2D eigenvalue weighted by atomic mass is 16.4. The molecule has 2 heterocycles. The van der Waals surface area contributed by atoms with Crippen molar-refractivity contribution >= 4 is 11.9 Å². The second kappa shape index (κ2) is 7.79. The Bertz CT molecular complexity index is 600. The monoisotopic (exact) mass is 330 g/mol. The van der Waals surface area contributed by atoms with Crippen LogP contribution < -0.4 is 5.32 Å².